The van der Waals surface area contributed by atoms with Gasteiger partial charge in [0, 0.05) is 12.6 Å². The minimum absolute atomic E-state index is 0.110. The maximum Gasteiger partial charge on any atom is 0.234 e. The zero-order chi connectivity index (χ0) is 13.1. The molecule has 1 aliphatic carbocycles. The van der Waals surface area contributed by atoms with E-state index >= 15 is 0 Å². The predicted octanol–water partition coefficient (Wildman–Crippen LogP) is 1.98. The molecule has 0 atom stereocenters. The lowest BCUT2D eigenvalue weighted by molar-refractivity contribution is -0.120. The van der Waals surface area contributed by atoms with E-state index in [9.17, 15) is 4.79 Å². The van der Waals surface area contributed by atoms with Crippen LogP contribution in [-0.4, -0.2) is 18.5 Å². The van der Waals surface area contributed by atoms with Gasteiger partial charge in [-0.1, -0.05) is 12.1 Å². The van der Waals surface area contributed by atoms with Gasteiger partial charge in [0.25, 0.3) is 0 Å². The van der Waals surface area contributed by atoms with Crippen LogP contribution in [0.1, 0.15) is 35.1 Å². The number of hydrogen-bond acceptors (Lipinski definition) is 2. The van der Waals surface area contributed by atoms with Gasteiger partial charge < -0.3 is 10.6 Å². The summed E-state index contributed by atoms with van der Waals surface area (Å²) in [6.45, 7) is 7.53. The van der Waals surface area contributed by atoms with Crippen LogP contribution < -0.4 is 10.6 Å². The highest BCUT2D eigenvalue weighted by Gasteiger charge is 2.22. The topological polar surface area (TPSA) is 41.1 Å². The molecule has 2 rings (SSSR count). The number of aryl methyl sites for hydroxylation is 3. The molecule has 18 heavy (non-hydrogen) atoms. The average molecular weight is 246 g/mol. The summed E-state index contributed by atoms with van der Waals surface area (Å²) >= 11 is 0. The number of benzene rings is 1. The zero-order valence-corrected chi connectivity index (χ0v) is 11.5. The lowest BCUT2D eigenvalue weighted by atomic mass is 10.0. The highest BCUT2D eigenvalue weighted by Crippen LogP contribution is 2.18. The monoisotopic (exact) mass is 246 g/mol. The van der Waals surface area contributed by atoms with Gasteiger partial charge in [-0.15, -0.1) is 0 Å². The van der Waals surface area contributed by atoms with Gasteiger partial charge in [0.15, 0.2) is 0 Å². The Hall–Kier alpha value is -1.35. The van der Waals surface area contributed by atoms with E-state index in [1.54, 1.807) is 0 Å². The first-order valence-corrected chi connectivity index (χ1v) is 6.63. The fourth-order valence-corrected chi connectivity index (χ4v) is 2.03. The minimum atomic E-state index is 0.110. The van der Waals surface area contributed by atoms with E-state index in [-0.39, 0.29) is 5.91 Å². The van der Waals surface area contributed by atoms with Crippen LogP contribution in [0.4, 0.5) is 0 Å². The van der Waals surface area contributed by atoms with Crippen molar-refractivity contribution in [3.8, 4) is 0 Å². The Bertz CT molecular complexity index is 450. The molecular weight excluding hydrogens is 224 g/mol. The van der Waals surface area contributed by atoms with Crippen molar-refractivity contribution in [2.75, 3.05) is 6.54 Å². The van der Waals surface area contributed by atoms with E-state index in [0.29, 0.717) is 12.6 Å². The summed E-state index contributed by atoms with van der Waals surface area (Å²) in [5.74, 6) is 0.110. The summed E-state index contributed by atoms with van der Waals surface area (Å²) in [6.07, 6.45) is 2.28. The Morgan fingerprint density at radius 2 is 1.83 bits per heavy atom. The maximum atomic E-state index is 11.5. The Morgan fingerprint density at radius 3 is 2.50 bits per heavy atom. The molecule has 1 aromatic rings. The molecule has 0 spiro atoms. The van der Waals surface area contributed by atoms with Crippen molar-refractivity contribution in [2.45, 2.75) is 46.2 Å². The SMILES string of the molecule is Cc1cc(C)c(CNCC(=O)NC2CC2)cc1C. The van der Waals surface area contributed by atoms with Gasteiger partial charge in [-0.3, -0.25) is 4.79 Å². The van der Waals surface area contributed by atoms with E-state index in [4.69, 9.17) is 0 Å². The van der Waals surface area contributed by atoms with Crippen molar-refractivity contribution in [2.24, 2.45) is 0 Å². The van der Waals surface area contributed by atoms with Crippen LogP contribution in [0.2, 0.25) is 0 Å². The summed E-state index contributed by atoms with van der Waals surface area (Å²) in [5.41, 5.74) is 5.19. The van der Waals surface area contributed by atoms with Gasteiger partial charge in [-0.25, -0.2) is 0 Å². The van der Waals surface area contributed by atoms with Gasteiger partial charge in [-0.05, 0) is 55.9 Å². The maximum absolute atomic E-state index is 11.5. The molecule has 98 valence electrons. The molecule has 0 aromatic heterocycles. The average Bonchev–Trinajstić information content (AvgIpc) is 3.09. The lowest BCUT2D eigenvalue weighted by Crippen LogP contribution is -2.34. The standard InChI is InChI=1S/C15H22N2O/c1-10-6-12(3)13(7-11(10)2)8-16-9-15(18)17-14-4-5-14/h6-7,14,16H,4-5,8-9H2,1-3H3,(H,17,18). The van der Waals surface area contributed by atoms with E-state index in [2.05, 4.69) is 43.5 Å². The minimum Gasteiger partial charge on any atom is -0.352 e. The molecular formula is C15H22N2O. The van der Waals surface area contributed by atoms with Crippen LogP contribution >= 0.6 is 0 Å². The normalized spacial score (nSPS) is 14.6. The summed E-state index contributed by atoms with van der Waals surface area (Å²) in [5, 5.41) is 6.18. The number of nitrogens with one attached hydrogen (secondary N) is 2. The second-order valence-electron chi connectivity index (χ2n) is 5.31. The molecule has 0 aliphatic heterocycles. The van der Waals surface area contributed by atoms with Crippen LogP contribution in [0, 0.1) is 20.8 Å². The van der Waals surface area contributed by atoms with Crippen LogP contribution in [0.3, 0.4) is 0 Å². The summed E-state index contributed by atoms with van der Waals surface area (Å²) in [7, 11) is 0. The number of carbonyl (C=O) groups is 1. The predicted molar refractivity (Wildman–Crippen MR) is 73.5 cm³/mol. The molecule has 1 aromatic carbocycles. The molecule has 0 bridgehead atoms. The van der Waals surface area contributed by atoms with Crippen LogP contribution in [0.25, 0.3) is 0 Å². The van der Waals surface area contributed by atoms with E-state index in [1.807, 2.05) is 0 Å². The highest BCUT2D eigenvalue weighted by atomic mass is 16.2. The van der Waals surface area contributed by atoms with Gasteiger partial charge in [-0.2, -0.15) is 0 Å². The van der Waals surface area contributed by atoms with Gasteiger partial charge >= 0.3 is 0 Å². The third-order valence-corrected chi connectivity index (χ3v) is 3.50. The molecule has 1 amide bonds. The molecule has 0 unspecified atom stereocenters. The van der Waals surface area contributed by atoms with Gasteiger partial charge in [0.2, 0.25) is 5.91 Å². The van der Waals surface area contributed by atoms with Crippen molar-refractivity contribution in [1.82, 2.24) is 10.6 Å². The van der Waals surface area contributed by atoms with E-state index in [1.165, 1.54) is 22.3 Å². The zero-order valence-electron chi connectivity index (χ0n) is 11.5. The third-order valence-electron chi connectivity index (χ3n) is 3.50. The summed E-state index contributed by atoms with van der Waals surface area (Å²) in [4.78, 5) is 11.5. The Balaban J connectivity index is 1.82. The van der Waals surface area contributed by atoms with Crippen molar-refractivity contribution >= 4 is 5.91 Å². The summed E-state index contributed by atoms with van der Waals surface area (Å²) in [6, 6.07) is 4.86. The molecule has 0 heterocycles. The van der Waals surface area contributed by atoms with Gasteiger partial charge in [0.1, 0.15) is 0 Å². The number of hydrogen-bond donors (Lipinski definition) is 2. The van der Waals surface area contributed by atoms with Crippen molar-refractivity contribution in [1.29, 1.82) is 0 Å². The number of carbonyl (C=O) groups excluding carboxylic acids is 1. The first-order chi connectivity index (χ1) is 8.56. The van der Waals surface area contributed by atoms with Crippen LogP contribution in [-0.2, 0) is 11.3 Å². The highest BCUT2D eigenvalue weighted by molar-refractivity contribution is 5.78. The molecule has 3 nitrogen and oxygen atoms in total. The molecule has 0 radical (unpaired) electrons. The first-order valence-electron chi connectivity index (χ1n) is 6.63. The molecule has 1 fully saturated rings. The Morgan fingerprint density at radius 1 is 1.17 bits per heavy atom. The smallest absolute Gasteiger partial charge is 0.234 e. The molecule has 0 saturated heterocycles. The number of amides is 1. The Labute approximate surface area is 109 Å². The molecule has 2 N–H and O–H groups in total. The second-order valence-corrected chi connectivity index (χ2v) is 5.31. The van der Waals surface area contributed by atoms with Crippen molar-refractivity contribution in [3.63, 3.8) is 0 Å². The second kappa shape index (κ2) is 5.53. The molecule has 3 heteroatoms. The quantitative estimate of drug-likeness (QED) is 0.834. The summed E-state index contributed by atoms with van der Waals surface area (Å²) < 4.78 is 0. The van der Waals surface area contributed by atoms with E-state index in [0.717, 1.165) is 19.4 Å². The number of rotatable bonds is 5. The fraction of sp³-hybridized carbons (Fsp3) is 0.533. The van der Waals surface area contributed by atoms with Crippen molar-refractivity contribution < 1.29 is 4.79 Å². The third kappa shape index (κ3) is 3.57. The molecule has 1 saturated carbocycles. The van der Waals surface area contributed by atoms with Crippen LogP contribution in [0.15, 0.2) is 12.1 Å². The Kier molecular flexibility index (Phi) is 4.02. The fourth-order valence-electron chi connectivity index (χ4n) is 2.03. The largest absolute Gasteiger partial charge is 0.352 e. The molecule has 1 aliphatic rings. The van der Waals surface area contributed by atoms with Gasteiger partial charge in [0.05, 0.1) is 6.54 Å². The lowest BCUT2D eigenvalue weighted by Gasteiger charge is -2.11. The van der Waals surface area contributed by atoms with Crippen molar-refractivity contribution in [3.05, 3.63) is 34.4 Å². The van der Waals surface area contributed by atoms with Crippen LogP contribution in [0.5, 0.6) is 0 Å². The first kappa shape index (κ1) is 13.1. The van der Waals surface area contributed by atoms with E-state index < -0.39 is 0 Å².